The first-order chi connectivity index (χ1) is 12.7. The van der Waals surface area contributed by atoms with Crippen molar-refractivity contribution in [1.29, 1.82) is 0 Å². The number of anilines is 1. The maximum Gasteiger partial charge on any atom is 0.490 e. The first-order valence-electron chi connectivity index (χ1n) is 6.77. The zero-order valence-electron chi connectivity index (χ0n) is 13.3. The largest absolute Gasteiger partial charge is 0.490 e. The van der Waals surface area contributed by atoms with Gasteiger partial charge in [-0.05, 0) is 0 Å². The lowest BCUT2D eigenvalue weighted by atomic mass is 10.5. The van der Waals surface area contributed by atoms with E-state index in [0.29, 0.717) is 0 Å². The van der Waals surface area contributed by atoms with E-state index in [1.165, 1.54) is 0 Å². The average molecular weight is 487 g/mol. The van der Waals surface area contributed by atoms with Gasteiger partial charge in [-0.3, -0.25) is 9.09 Å². The maximum absolute atomic E-state index is 13.5. The number of phosphoric acid groups is 3. The molecular weight excluding hydrogens is 474 g/mol. The van der Waals surface area contributed by atoms with Crippen LogP contribution in [0.4, 0.5) is 10.2 Å². The third-order valence-electron chi connectivity index (χ3n) is 2.77. The highest BCUT2D eigenvalue weighted by Gasteiger charge is 2.41. The number of hydrogen-bond donors (Lipinski definition) is 5. The summed E-state index contributed by atoms with van der Waals surface area (Å²) in [5.41, 5.74) is 3.26. The van der Waals surface area contributed by atoms with E-state index in [1.54, 1.807) is 0 Å². The second-order valence-electron chi connectivity index (χ2n) is 4.90. The molecule has 28 heavy (non-hydrogen) atoms. The van der Waals surface area contributed by atoms with Crippen LogP contribution in [0.3, 0.4) is 0 Å². The van der Waals surface area contributed by atoms with Gasteiger partial charge in [0.2, 0.25) is 0 Å². The summed E-state index contributed by atoms with van der Waals surface area (Å²) < 4.78 is 64.4. The SMILES string of the molecule is Nc1nc(=O)n([C@H]2CS[C@@H](COP(=O)(O)OP(=O)(O)OP(=O)(O)O)O2)cc1F. The van der Waals surface area contributed by atoms with Crippen molar-refractivity contribution >= 4 is 41.0 Å². The number of rotatable bonds is 8. The van der Waals surface area contributed by atoms with Gasteiger partial charge in [-0.25, -0.2) is 22.9 Å². The molecule has 4 atom stereocenters. The first-order valence-corrected chi connectivity index (χ1v) is 12.3. The molecule has 0 radical (unpaired) electrons. The Morgan fingerprint density at radius 3 is 2.54 bits per heavy atom. The van der Waals surface area contributed by atoms with Gasteiger partial charge in [0.25, 0.3) is 0 Å². The van der Waals surface area contributed by atoms with E-state index in [9.17, 15) is 27.8 Å². The summed E-state index contributed by atoms with van der Waals surface area (Å²) in [6, 6.07) is 0. The fraction of sp³-hybridized carbons (Fsp3) is 0.500. The minimum atomic E-state index is -5.63. The predicted molar refractivity (Wildman–Crippen MR) is 89.1 cm³/mol. The number of hydrogen-bond acceptors (Lipinski definition) is 11. The first kappa shape index (κ1) is 23.6. The van der Waals surface area contributed by atoms with Crippen molar-refractivity contribution in [2.24, 2.45) is 0 Å². The number of aromatic nitrogens is 2. The second-order valence-corrected chi connectivity index (χ2v) is 10.5. The Kier molecular flexibility index (Phi) is 7.25. The highest BCUT2D eigenvalue weighted by Crippen LogP contribution is 2.66. The Labute approximate surface area is 159 Å². The molecule has 1 aliphatic heterocycles. The molecule has 6 N–H and O–H groups in total. The van der Waals surface area contributed by atoms with E-state index in [1.807, 2.05) is 0 Å². The molecule has 1 aliphatic rings. The fourth-order valence-corrected chi connectivity index (χ4v) is 5.91. The van der Waals surface area contributed by atoms with Crippen LogP contribution in [-0.2, 0) is 31.6 Å². The Balaban J connectivity index is 1.95. The summed E-state index contributed by atoms with van der Waals surface area (Å²) in [5, 5.41) is 0. The lowest BCUT2D eigenvalue weighted by molar-refractivity contribution is -0.00692. The van der Waals surface area contributed by atoms with Gasteiger partial charge >= 0.3 is 29.2 Å². The van der Waals surface area contributed by atoms with Crippen molar-refractivity contribution in [3.05, 3.63) is 22.5 Å². The topological polar surface area (TPSA) is 230 Å². The molecule has 15 nitrogen and oxygen atoms in total. The second kappa shape index (κ2) is 8.60. The lowest BCUT2D eigenvalue weighted by Crippen LogP contribution is -2.30. The van der Waals surface area contributed by atoms with Crippen molar-refractivity contribution in [1.82, 2.24) is 9.55 Å². The number of nitrogens with zero attached hydrogens (tertiary/aromatic N) is 2. The van der Waals surface area contributed by atoms with Gasteiger partial charge in [-0.15, -0.1) is 11.8 Å². The zero-order chi connectivity index (χ0) is 21.3. The van der Waals surface area contributed by atoms with Crippen molar-refractivity contribution in [2.45, 2.75) is 11.7 Å². The normalized spacial score (nSPS) is 24.6. The molecule has 2 rings (SSSR count). The molecule has 160 valence electrons. The van der Waals surface area contributed by atoms with Crippen LogP contribution in [-0.4, -0.2) is 46.9 Å². The van der Waals surface area contributed by atoms with Crippen LogP contribution in [0.1, 0.15) is 6.23 Å². The molecule has 1 saturated heterocycles. The minimum absolute atomic E-state index is 0.0787. The van der Waals surface area contributed by atoms with Gasteiger partial charge in [-0.2, -0.15) is 13.6 Å². The van der Waals surface area contributed by atoms with Crippen LogP contribution >= 0.6 is 35.2 Å². The molecule has 0 amide bonds. The highest BCUT2D eigenvalue weighted by molar-refractivity contribution is 8.00. The van der Waals surface area contributed by atoms with Crippen LogP contribution < -0.4 is 11.4 Å². The van der Waals surface area contributed by atoms with E-state index < -0.39 is 59.1 Å². The maximum atomic E-state index is 13.5. The molecule has 0 saturated carbocycles. The third kappa shape index (κ3) is 6.99. The summed E-state index contributed by atoms with van der Waals surface area (Å²) in [6.45, 7) is -0.718. The molecular formula is C8H13FN3O12P3S. The number of nitrogen functional groups attached to an aromatic ring is 1. The molecule has 1 aromatic rings. The van der Waals surface area contributed by atoms with Crippen LogP contribution in [0.2, 0.25) is 0 Å². The third-order valence-corrected chi connectivity index (χ3v) is 7.67. The Morgan fingerprint density at radius 2 is 1.93 bits per heavy atom. The fourth-order valence-electron chi connectivity index (χ4n) is 1.80. The zero-order valence-corrected chi connectivity index (χ0v) is 16.8. The summed E-state index contributed by atoms with van der Waals surface area (Å²) in [4.78, 5) is 50.2. The Bertz CT molecular complexity index is 937. The molecule has 1 aromatic heterocycles. The van der Waals surface area contributed by atoms with Gasteiger partial charge in [0.05, 0.1) is 12.8 Å². The summed E-state index contributed by atoms with van der Waals surface area (Å²) >= 11 is 0.969. The van der Waals surface area contributed by atoms with Crippen LogP contribution in [0.5, 0.6) is 0 Å². The minimum Gasteiger partial charge on any atom is -0.381 e. The van der Waals surface area contributed by atoms with Crippen molar-refractivity contribution < 1.29 is 55.5 Å². The highest BCUT2D eigenvalue weighted by atomic mass is 32.2. The van der Waals surface area contributed by atoms with Crippen molar-refractivity contribution in [2.75, 3.05) is 18.1 Å². The molecule has 0 spiro atoms. The van der Waals surface area contributed by atoms with Gasteiger partial charge in [0.15, 0.2) is 11.6 Å². The molecule has 20 heteroatoms. The van der Waals surface area contributed by atoms with Gasteiger partial charge in [0, 0.05) is 5.75 Å². The number of ether oxygens (including phenoxy) is 1. The van der Waals surface area contributed by atoms with E-state index in [0.717, 1.165) is 22.5 Å². The van der Waals surface area contributed by atoms with E-state index in [-0.39, 0.29) is 5.75 Å². The van der Waals surface area contributed by atoms with Crippen LogP contribution in [0.25, 0.3) is 0 Å². The van der Waals surface area contributed by atoms with E-state index in [4.69, 9.17) is 25.2 Å². The summed E-state index contributed by atoms with van der Waals surface area (Å²) in [7, 11) is -16.4. The molecule has 2 heterocycles. The van der Waals surface area contributed by atoms with Gasteiger partial charge in [-0.1, -0.05) is 0 Å². The molecule has 0 bridgehead atoms. The smallest absolute Gasteiger partial charge is 0.381 e. The Hall–Kier alpha value is -0.670. The molecule has 2 unspecified atom stereocenters. The monoisotopic (exact) mass is 487 g/mol. The molecule has 0 aromatic carbocycles. The predicted octanol–water partition coefficient (Wildman–Crippen LogP) is -0.104. The Morgan fingerprint density at radius 1 is 1.29 bits per heavy atom. The summed E-state index contributed by atoms with van der Waals surface area (Å²) in [6.07, 6.45) is -0.254. The standard InChI is InChI=1S/C8H13FN3O12P3S/c9-4-1-12(8(13)11-7(4)10)5-3-28-6(22-5)2-21-26(17,18)24-27(19,20)23-25(14,15)16/h1,5-6H,2-3H2,(H,17,18)(H,19,20)(H2,10,11,13)(H2,14,15,16)/t5-,6+/m1/s1. The van der Waals surface area contributed by atoms with Crippen molar-refractivity contribution in [3.8, 4) is 0 Å². The van der Waals surface area contributed by atoms with Gasteiger partial charge in [0.1, 0.15) is 11.7 Å². The summed E-state index contributed by atoms with van der Waals surface area (Å²) in [5.74, 6) is -1.49. The quantitative estimate of drug-likeness (QED) is 0.301. The molecule has 0 aliphatic carbocycles. The van der Waals surface area contributed by atoms with Crippen molar-refractivity contribution in [3.63, 3.8) is 0 Å². The number of halogens is 1. The van der Waals surface area contributed by atoms with Gasteiger partial charge < -0.3 is 30.0 Å². The average Bonchev–Trinajstić information content (AvgIpc) is 2.94. The number of phosphoric ester groups is 1. The lowest BCUT2D eigenvalue weighted by Gasteiger charge is -2.18. The van der Waals surface area contributed by atoms with Crippen LogP contribution in [0, 0.1) is 5.82 Å². The molecule has 1 fully saturated rings. The number of thioether (sulfide) groups is 1. The van der Waals surface area contributed by atoms with E-state index >= 15 is 0 Å². The number of nitrogens with two attached hydrogens (primary N) is 1. The van der Waals surface area contributed by atoms with Crippen LogP contribution in [0.15, 0.2) is 11.0 Å². The van der Waals surface area contributed by atoms with E-state index in [2.05, 4.69) is 18.1 Å².